The van der Waals surface area contributed by atoms with E-state index in [2.05, 4.69) is 15.9 Å². The monoisotopic (exact) mass is 328 g/mol. The molecular weight excluding hydrogens is 322 g/mol. The second-order valence-corrected chi connectivity index (χ2v) is 4.51. The van der Waals surface area contributed by atoms with Gasteiger partial charge in [-0.05, 0) is 30.3 Å². The lowest BCUT2D eigenvalue weighted by atomic mass is 10.2. The highest BCUT2D eigenvalue weighted by Crippen LogP contribution is 2.31. The molecule has 6 heteroatoms. The molecule has 19 heavy (non-hydrogen) atoms. The zero-order valence-corrected chi connectivity index (χ0v) is 10.9. The van der Waals surface area contributed by atoms with Gasteiger partial charge in [-0.1, -0.05) is 22.0 Å². The number of ether oxygens (including phenoxy) is 1. The van der Waals surface area contributed by atoms with Crippen molar-refractivity contribution in [3.05, 3.63) is 58.1 Å². The van der Waals surface area contributed by atoms with Crippen LogP contribution in [0.25, 0.3) is 0 Å². The van der Waals surface area contributed by atoms with Crippen LogP contribution in [-0.4, -0.2) is 11.1 Å². The molecule has 0 atom stereocenters. The van der Waals surface area contributed by atoms with Crippen molar-refractivity contribution in [1.29, 1.82) is 0 Å². The third-order valence-corrected chi connectivity index (χ3v) is 2.80. The van der Waals surface area contributed by atoms with Crippen LogP contribution in [0.4, 0.5) is 8.78 Å². The van der Waals surface area contributed by atoms with Gasteiger partial charge >= 0.3 is 5.97 Å². The zero-order valence-electron chi connectivity index (χ0n) is 9.36. The molecule has 0 fully saturated rings. The first-order valence-corrected chi connectivity index (χ1v) is 5.93. The minimum absolute atomic E-state index is 0.262. The van der Waals surface area contributed by atoms with E-state index in [4.69, 9.17) is 9.84 Å². The van der Waals surface area contributed by atoms with Gasteiger partial charge in [-0.15, -0.1) is 0 Å². The lowest BCUT2D eigenvalue weighted by Gasteiger charge is -2.10. The Morgan fingerprint density at radius 1 is 1.16 bits per heavy atom. The van der Waals surface area contributed by atoms with Crippen molar-refractivity contribution < 1.29 is 23.4 Å². The summed E-state index contributed by atoms with van der Waals surface area (Å²) in [6.07, 6.45) is 0. The number of carboxylic acids is 1. The Hall–Kier alpha value is -1.95. The van der Waals surface area contributed by atoms with Crippen molar-refractivity contribution in [1.82, 2.24) is 0 Å². The quantitative estimate of drug-likeness (QED) is 0.917. The van der Waals surface area contributed by atoms with E-state index in [-0.39, 0.29) is 11.3 Å². The summed E-state index contributed by atoms with van der Waals surface area (Å²) < 4.78 is 32.7. The number of hydrogen-bond donors (Lipinski definition) is 1. The fraction of sp³-hybridized carbons (Fsp3) is 0. The van der Waals surface area contributed by atoms with E-state index >= 15 is 0 Å². The molecule has 2 aromatic carbocycles. The topological polar surface area (TPSA) is 46.5 Å². The van der Waals surface area contributed by atoms with E-state index in [0.717, 1.165) is 12.1 Å². The smallest absolute Gasteiger partial charge is 0.339 e. The van der Waals surface area contributed by atoms with Crippen LogP contribution in [0.1, 0.15) is 10.4 Å². The fourth-order valence-corrected chi connectivity index (χ4v) is 1.79. The van der Waals surface area contributed by atoms with Gasteiger partial charge in [0.05, 0.1) is 0 Å². The second kappa shape index (κ2) is 5.36. The predicted molar refractivity (Wildman–Crippen MR) is 67.5 cm³/mol. The SMILES string of the molecule is O=C(O)c1cccc(F)c1Oc1cc(Br)ccc1F. The molecule has 0 radical (unpaired) electrons. The van der Waals surface area contributed by atoms with E-state index in [1.165, 1.54) is 24.3 Å². The van der Waals surface area contributed by atoms with Gasteiger partial charge in [0.2, 0.25) is 0 Å². The normalized spacial score (nSPS) is 10.3. The summed E-state index contributed by atoms with van der Waals surface area (Å²) >= 11 is 3.12. The number of aromatic carboxylic acids is 1. The molecular formula is C13H7BrF2O3. The van der Waals surface area contributed by atoms with E-state index < -0.39 is 23.4 Å². The summed E-state index contributed by atoms with van der Waals surface area (Å²) in [5.74, 6) is -3.74. The molecule has 0 heterocycles. The highest BCUT2D eigenvalue weighted by molar-refractivity contribution is 9.10. The van der Waals surface area contributed by atoms with Gasteiger partial charge in [-0.25, -0.2) is 13.6 Å². The molecule has 2 aromatic rings. The number of benzene rings is 2. The van der Waals surface area contributed by atoms with Crippen LogP contribution in [0.2, 0.25) is 0 Å². The van der Waals surface area contributed by atoms with Gasteiger partial charge in [0, 0.05) is 4.47 Å². The average molecular weight is 329 g/mol. The summed E-state index contributed by atoms with van der Waals surface area (Å²) in [5, 5.41) is 8.94. The van der Waals surface area contributed by atoms with Gasteiger partial charge in [-0.3, -0.25) is 0 Å². The maximum atomic E-state index is 13.6. The third kappa shape index (κ3) is 2.90. The largest absolute Gasteiger partial charge is 0.478 e. The first-order chi connectivity index (χ1) is 8.99. The maximum absolute atomic E-state index is 13.6. The van der Waals surface area contributed by atoms with Gasteiger partial charge < -0.3 is 9.84 Å². The number of carboxylic acid groups (broad SMARTS) is 1. The second-order valence-electron chi connectivity index (χ2n) is 3.60. The molecule has 0 bridgehead atoms. The Morgan fingerprint density at radius 3 is 2.58 bits per heavy atom. The molecule has 0 spiro atoms. The molecule has 0 amide bonds. The summed E-state index contributed by atoms with van der Waals surface area (Å²) in [5.41, 5.74) is -0.376. The van der Waals surface area contributed by atoms with E-state index in [1.54, 1.807) is 0 Å². The molecule has 3 nitrogen and oxygen atoms in total. The predicted octanol–water partition coefficient (Wildman–Crippen LogP) is 4.22. The summed E-state index contributed by atoms with van der Waals surface area (Å²) in [6, 6.07) is 7.31. The highest BCUT2D eigenvalue weighted by atomic mass is 79.9. The van der Waals surface area contributed by atoms with Crippen LogP contribution < -0.4 is 4.74 Å². The van der Waals surface area contributed by atoms with Crippen LogP contribution in [0, 0.1) is 11.6 Å². The molecule has 0 saturated heterocycles. The van der Waals surface area contributed by atoms with Crippen LogP contribution in [0.15, 0.2) is 40.9 Å². The zero-order chi connectivity index (χ0) is 14.0. The number of rotatable bonds is 3. The standard InChI is InChI=1S/C13H7BrF2O3/c14-7-4-5-9(15)11(6-7)19-12-8(13(17)18)2-1-3-10(12)16/h1-6H,(H,17,18). The van der Waals surface area contributed by atoms with Crippen molar-refractivity contribution in [2.24, 2.45) is 0 Å². The lowest BCUT2D eigenvalue weighted by Crippen LogP contribution is -2.02. The van der Waals surface area contributed by atoms with Crippen LogP contribution >= 0.6 is 15.9 Å². The lowest BCUT2D eigenvalue weighted by molar-refractivity contribution is 0.0693. The number of hydrogen-bond acceptors (Lipinski definition) is 2. The molecule has 0 aliphatic heterocycles. The van der Waals surface area contributed by atoms with E-state index in [9.17, 15) is 13.6 Å². The molecule has 98 valence electrons. The van der Waals surface area contributed by atoms with Gasteiger partial charge in [-0.2, -0.15) is 0 Å². The van der Waals surface area contributed by atoms with E-state index in [0.29, 0.717) is 4.47 Å². The first-order valence-electron chi connectivity index (χ1n) is 5.13. The Bertz CT molecular complexity index is 644. The van der Waals surface area contributed by atoms with Crippen molar-refractivity contribution in [2.45, 2.75) is 0 Å². The van der Waals surface area contributed by atoms with Crippen molar-refractivity contribution in [2.75, 3.05) is 0 Å². The number of carbonyl (C=O) groups is 1. The molecule has 0 unspecified atom stereocenters. The van der Waals surface area contributed by atoms with E-state index in [1.807, 2.05) is 0 Å². The first kappa shape index (κ1) is 13.5. The van der Waals surface area contributed by atoms with Crippen molar-refractivity contribution >= 4 is 21.9 Å². The third-order valence-electron chi connectivity index (χ3n) is 2.30. The Morgan fingerprint density at radius 2 is 1.89 bits per heavy atom. The van der Waals surface area contributed by atoms with Crippen molar-refractivity contribution in [3.63, 3.8) is 0 Å². The Labute approximate surface area is 115 Å². The van der Waals surface area contributed by atoms with Crippen LogP contribution in [0.5, 0.6) is 11.5 Å². The molecule has 1 N–H and O–H groups in total. The maximum Gasteiger partial charge on any atom is 0.339 e. The van der Waals surface area contributed by atoms with Crippen LogP contribution in [-0.2, 0) is 0 Å². The number of para-hydroxylation sites is 1. The van der Waals surface area contributed by atoms with Gasteiger partial charge in [0.1, 0.15) is 5.56 Å². The Balaban J connectivity index is 2.49. The average Bonchev–Trinajstić information content (AvgIpc) is 2.35. The highest BCUT2D eigenvalue weighted by Gasteiger charge is 2.18. The summed E-state index contributed by atoms with van der Waals surface area (Å²) in [4.78, 5) is 11.0. The minimum Gasteiger partial charge on any atom is -0.478 e. The van der Waals surface area contributed by atoms with Crippen LogP contribution in [0.3, 0.4) is 0 Å². The number of halogens is 3. The van der Waals surface area contributed by atoms with Gasteiger partial charge in [0.15, 0.2) is 23.1 Å². The van der Waals surface area contributed by atoms with Crippen molar-refractivity contribution in [3.8, 4) is 11.5 Å². The molecule has 0 aliphatic rings. The fourth-order valence-electron chi connectivity index (χ4n) is 1.45. The molecule has 2 rings (SSSR count). The summed E-state index contributed by atoms with van der Waals surface area (Å²) in [6.45, 7) is 0. The Kier molecular flexibility index (Phi) is 3.80. The molecule has 0 aromatic heterocycles. The minimum atomic E-state index is -1.36. The molecule has 0 aliphatic carbocycles. The molecule has 0 saturated carbocycles. The summed E-state index contributed by atoms with van der Waals surface area (Å²) in [7, 11) is 0. The van der Waals surface area contributed by atoms with Gasteiger partial charge in [0.25, 0.3) is 0 Å².